The van der Waals surface area contributed by atoms with Gasteiger partial charge in [0.2, 0.25) is 0 Å². The summed E-state index contributed by atoms with van der Waals surface area (Å²) in [5.41, 5.74) is 1.15. The molecule has 1 aromatic carbocycles. The van der Waals surface area contributed by atoms with E-state index in [1.54, 1.807) is 0 Å². The van der Waals surface area contributed by atoms with E-state index in [2.05, 4.69) is 47.3 Å². The fourth-order valence-electron chi connectivity index (χ4n) is 1.84. The van der Waals surface area contributed by atoms with Gasteiger partial charge in [0.05, 0.1) is 6.04 Å². The van der Waals surface area contributed by atoms with Gasteiger partial charge in [-0.2, -0.15) is 0 Å². The van der Waals surface area contributed by atoms with Crippen LogP contribution in [0.2, 0.25) is 0 Å². The summed E-state index contributed by atoms with van der Waals surface area (Å²) in [6.07, 6.45) is 8.33. The summed E-state index contributed by atoms with van der Waals surface area (Å²) < 4.78 is 0. The van der Waals surface area contributed by atoms with Crippen molar-refractivity contribution >= 4 is 5.84 Å². The van der Waals surface area contributed by atoms with Crippen LogP contribution in [0, 0.1) is 0 Å². The Bertz CT molecular complexity index is 429. The first-order valence-corrected chi connectivity index (χ1v) is 5.48. The molecule has 0 fully saturated rings. The Labute approximate surface area is 96.6 Å². The lowest BCUT2D eigenvalue weighted by atomic mass is 10.1. The molecule has 82 valence electrons. The van der Waals surface area contributed by atoms with Gasteiger partial charge >= 0.3 is 0 Å². The van der Waals surface area contributed by atoms with Gasteiger partial charge in [0.15, 0.2) is 0 Å². The van der Waals surface area contributed by atoms with Crippen LogP contribution in [0.5, 0.6) is 0 Å². The maximum atomic E-state index is 4.39. The second-order valence-electron chi connectivity index (χ2n) is 3.79. The Morgan fingerprint density at radius 3 is 2.56 bits per heavy atom. The molecule has 0 aromatic heterocycles. The molecular weight excluding hydrogens is 196 g/mol. The standard InChI is InChI=1S/C14H16N2/c1-12-8-6-7-11-16(12)14(15-2)13-9-4-3-5-10-13/h3-12H,1-2H3. The number of amidine groups is 1. The van der Waals surface area contributed by atoms with Crippen LogP contribution in [0.25, 0.3) is 0 Å². The zero-order chi connectivity index (χ0) is 11.4. The number of hydrogen-bond donors (Lipinski definition) is 0. The third-order valence-corrected chi connectivity index (χ3v) is 2.67. The molecule has 1 heterocycles. The van der Waals surface area contributed by atoms with Crippen LogP contribution in [0.3, 0.4) is 0 Å². The summed E-state index contributed by atoms with van der Waals surface area (Å²) in [4.78, 5) is 6.57. The first-order chi connectivity index (χ1) is 7.83. The fraction of sp³-hybridized carbons (Fsp3) is 0.214. The number of aliphatic imine (C=N–C) groups is 1. The molecule has 0 amide bonds. The van der Waals surface area contributed by atoms with Gasteiger partial charge in [-0.1, -0.05) is 42.5 Å². The largest absolute Gasteiger partial charge is 0.326 e. The van der Waals surface area contributed by atoms with Crippen molar-refractivity contribution in [3.63, 3.8) is 0 Å². The molecule has 2 heteroatoms. The molecule has 2 rings (SSSR count). The van der Waals surface area contributed by atoms with Gasteiger partial charge in [-0.15, -0.1) is 0 Å². The van der Waals surface area contributed by atoms with E-state index in [9.17, 15) is 0 Å². The summed E-state index contributed by atoms with van der Waals surface area (Å²) in [7, 11) is 1.83. The van der Waals surface area contributed by atoms with E-state index >= 15 is 0 Å². The van der Waals surface area contributed by atoms with Crippen LogP contribution in [0.15, 0.2) is 59.8 Å². The Morgan fingerprint density at radius 1 is 1.19 bits per heavy atom. The van der Waals surface area contributed by atoms with Gasteiger partial charge < -0.3 is 4.90 Å². The number of nitrogens with zero attached hydrogens (tertiary/aromatic N) is 2. The van der Waals surface area contributed by atoms with E-state index < -0.39 is 0 Å². The van der Waals surface area contributed by atoms with Crippen molar-refractivity contribution in [3.05, 3.63) is 60.3 Å². The molecule has 0 saturated carbocycles. The Morgan fingerprint density at radius 2 is 1.94 bits per heavy atom. The topological polar surface area (TPSA) is 15.6 Å². The zero-order valence-corrected chi connectivity index (χ0v) is 9.67. The lowest BCUT2D eigenvalue weighted by Crippen LogP contribution is -2.34. The van der Waals surface area contributed by atoms with Crippen LogP contribution in [-0.4, -0.2) is 23.8 Å². The summed E-state index contributed by atoms with van der Waals surface area (Å²) in [6, 6.07) is 10.6. The average molecular weight is 212 g/mol. The Balaban J connectivity index is 2.31. The number of benzene rings is 1. The van der Waals surface area contributed by atoms with Crippen molar-refractivity contribution in [1.82, 2.24) is 4.90 Å². The Hall–Kier alpha value is -1.83. The van der Waals surface area contributed by atoms with E-state index in [-0.39, 0.29) is 0 Å². The molecule has 0 aliphatic carbocycles. The van der Waals surface area contributed by atoms with E-state index in [4.69, 9.17) is 0 Å². The van der Waals surface area contributed by atoms with Crippen molar-refractivity contribution in [2.75, 3.05) is 7.05 Å². The smallest absolute Gasteiger partial charge is 0.135 e. The van der Waals surface area contributed by atoms with Crippen molar-refractivity contribution in [1.29, 1.82) is 0 Å². The van der Waals surface area contributed by atoms with Crippen molar-refractivity contribution < 1.29 is 0 Å². The van der Waals surface area contributed by atoms with Crippen LogP contribution < -0.4 is 0 Å². The lowest BCUT2D eigenvalue weighted by molar-refractivity contribution is 0.492. The predicted molar refractivity (Wildman–Crippen MR) is 68.5 cm³/mol. The van der Waals surface area contributed by atoms with Gasteiger partial charge in [-0.05, 0) is 13.0 Å². The highest BCUT2D eigenvalue weighted by Crippen LogP contribution is 2.14. The predicted octanol–water partition coefficient (Wildman–Crippen LogP) is 2.84. The van der Waals surface area contributed by atoms with E-state index in [0.29, 0.717) is 6.04 Å². The molecule has 1 aliphatic rings. The molecule has 1 aliphatic heterocycles. The minimum absolute atomic E-state index is 0.351. The number of rotatable bonds is 1. The molecule has 16 heavy (non-hydrogen) atoms. The molecule has 0 saturated heterocycles. The van der Waals surface area contributed by atoms with Gasteiger partial charge in [-0.25, -0.2) is 0 Å². The summed E-state index contributed by atoms with van der Waals surface area (Å²) in [5.74, 6) is 1.01. The SMILES string of the molecule is CN=C(c1ccccc1)N1C=CC=CC1C. The number of hydrogen-bond acceptors (Lipinski definition) is 1. The highest BCUT2D eigenvalue weighted by molar-refractivity contribution is 5.99. The van der Waals surface area contributed by atoms with E-state index in [0.717, 1.165) is 11.4 Å². The van der Waals surface area contributed by atoms with Gasteiger partial charge in [-0.3, -0.25) is 4.99 Å². The van der Waals surface area contributed by atoms with Crippen LogP contribution in [0.4, 0.5) is 0 Å². The molecular formula is C14H16N2. The molecule has 2 nitrogen and oxygen atoms in total. The lowest BCUT2D eigenvalue weighted by Gasteiger charge is -2.28. The maximum Gasteiger partial charge on any atom is 0.135 e. The first-order valence-electron chi connectivity index (χ1n) is 5.48. The molecule has 0 N–H and O–H groups in total. The van der Waals surface area contributed by atoms with Crippen LogP contribution >= 0.6 is 0 Å². The molecule has 0 radical (unpaired) electrons. The number of allylic oxidation sites excluding steroid dienone is 2. The fourth-order valence-corrected chi connectivity index (χ4v) is 1.84. The van der Waals surface area contributed by atoms with Gasteiger partial charge in [0.25, 0.3) is 0 Å². The van der Waals surface area contributed by atoms with Gasteiger partial charge in [0, 0.05) is 18.8 Å². The molecule has 1 aromatic rings. The summed E-state index contributed by atoms with van der Waals surface area (Å²) in [5, 5.41) is 0. The minimum atomic E-state index is 0.351. The monoisotopic (exact) mass is 212 g/mol. The maximum absolute atomic E-state index is 4.39. The molecule has 1 unspecified atom stereocenters. The second kappa shape index (κ2) is 4.79. The Kier molecular flexibility index (Phi) is 3.20. The van der Waals surface area contributed by atoms with E-state index in [1.165, 1.54) is 0 Å². The second-order valence-corrected chi connectivity index (χ2v) is 3.79. The highest BCUT2D eigenvalue weighted by Gasteiger charge is 2.16. The van der Waals surface area contributed by atoms with Crippen LogP contribution in [0.1, 0.15) is 12.5 Å². The van der Waals surface area contributed by atoms with Gasteiger partial charge in [0.1, 0.15) is 5.84 Å². The highest BCUT2D eigenvalue weighted by atomic mass is 15.2. The van der Waals surface area contributed by atoms with Crippen molar-refractivity contribution in [3.8, 4) is 0 Å². The minimum Gasteiger partial charge on any atom is -0.326 e. The third-order valence-electron chi connectivity index (χ3n) is 2.67. The normalized spacial score (nSPS) is 20.2. The van der Waals surface area contributed by atoms with Crippen molar-refractivity contribution in [2.24, 2.45) is 4.99 Å². The first kappa shape index (κ1) is 10.7. The summed E-state index contributed by atoms with van der Waals surface area (Å²) in [6.45, 7) is 2.16. The summed E-state index contributed by atoms with van der Waals surface area (Å²) >= 11 is 0. The zero-order valence-electron chi connectivity index (χ0n) is 9.67. The van der Waals surface area contributed by atoms with E-state index in [1.807, 2.05) is 31.3 Å². The van der Waals surface area contributed by atoms with Crippen LogP contribution in [-0.2, 0) is 0 Å². The molecule has 0 spiro atoms. The molecule has 0 bridgehead atoms. The third kappa shape index (κ3) is 2.06. The van der Waals surface area contributed by atoms with Crippen molar-refractivity contribution in [2.45, 2.75) is 13.0 Å². The molecule has 1 atom stereocenters. The average Bonchev–Trinajstić information content (AvgIpc) is 2.34. The quantitative estimate of drug-likeness (QED) is 0.516.